The average Bonchev–Trinajstić information content (AvgIpc) is 2.33. The predicted molar refractivity (Wildman–Crippen MR) is 67.0 cm³/mol. The van der Waals surface area contributed by atoms with Crippen molar-refractivity contribution in [2.24, 2.45) is 5.73 Å². The molecule has 0 aliphatic rings. The summed E-state index contributed by atoms with van der Waals surface area (Å²) in [7, 11) is 0. The van der Waals surface area contributed by atoms with Crippen molar-refractivity contribution in [1.29, 1.82) is 0 Å². The van der Waals surface area contributed by atoms with Crippen LogP contribution in [0.4, 0.5) is 11.4 Å². The summed E-state index contributed by atoms with van der Waals surface area (Å²) in [6.45, 7) is 0.296. The molecule has 0 heterocycles. The molecule has 0 aliphatic heterocycles. The lowest BCUT2D eigenvalue weighted by molar-refractivity contribution is -0.384. The van der Waals surface area contributed by atoms with Crippen molar-refractivity contribution in [2.75, 3.05) is 11.9 Å². The largest absolute Gasteiger partial charge is 0.478 e. The van der Waals surface area contributed by atoms with Gasteiger partial charge in [0.15, 0.2) is 0 Å². The van der Waals surface area contributed by atoms with Crippen LogP contribution in [-0.4, -0.2) is 28.5 Å². The Morgan fingerprint density at radius 1 is 1.42 bits per heavy atom. The number of primary amides is 1. The van der Waals surface area contributed by atoms with Gasteiger partial charge in [0.05, 0.1) is 16.2 Å². The minimum absolute atomic E-state index is 0.0651. The Balaban J connectivity index is 2.82. The molecule has 0 bridgehead atoms. The number of non-ortho nitro benzene ring substituents is 1. The van der Waals surface area contributed by atoms with Crippen LogP contribution in [0.5, 0.6) is 0 Å². The second-order valence-electron chi connectivity index (χ2n) is 3.79. The Labute approximate surface area is 108 Å². The van der Waals surface area contributed by atoms with Gasteiger partial charge in [-0.1, -0.05) is 0 Å². The quantitative estimate of drug-likeness (QED) is 0.382. The summed E-state index contributed by atoms with van der Waals surface area (Å²) in [5, 5.41) is 22.3. The van der Waals surface area contributed by atoms with Crippen molar-refractivity contribution < 1.29 is 19.6 Å². The van der Waals surface area contributed by atoms with Gasteiger partial charge in [-0.05, 0) is 12.5 Å². The number of carboxylic acids is 1. The number of nitrogens with one attached hydrogen (secondary N) is 1. The normalized spacial score (nSPS) is 9.89. The predicted octanol–water partition coefficient (Wildman–Crippen LogP) is 0.970. The van der Waals surface area contributed by atoms with Crippen LogP contribution in [0.3, 0.4) is 0 Å². The van der Waals surface area contributed by atoms with E-state index in [-0.39, 0.29) is 23.4 Å². The number of benzene rings is 1. The fourth-order valence-electron chi connectivity index (χ4n) is 1.46. The van der Waals surface area contributed by atoms with Gasteiger partial charge in [-0.2, -0.15) is 0 Å². The lowest BCUT2D eigenvalue weighted by atomic mass is 10.1. The van der Waals surface area contributed by atoms with Gasteiger partial charge in [-0.15, -0.1) is 0 Å². The highest BCUT2D eigenvalue weighted by molar-refractivity contribution is 5.94. The van der Waals surface area contributed by atoms with E-state index in [2.05, 4.69) is 5.32 Å². The highest BCUT2D eigenvalue weighted by atomic mass is 16.6. The molecular formula is C11H13N3O5. The maximum Gasteiger partial charge on any atom is 0.337 e. The zero-order valence-corrected chi connectivity index (χ0v) is 9.96. The number of hydrogen-bond donors (Lipinski definition) is 3. The van der Waals surface area contributed by atoms with Crippen molar-refractivity contribution >= 4 is 23.3 Å². The maximum atomic E-state index is 11.0. The number of nitro benzene ring substituents is 1. The number of nitrogens with zero attached hydrogens (tertiary/aromatic N) is 1. The summed E-state index contributed by atoms with van der Waals surface area (Å²) in [4.78, 5) is 31.5. The number of nitrogens with two attached hydrogens (primary N) is 1. The van der Waals surface area contributed by atoms with E-state index >= 15 is 0 Å². The van der Waals surface area contributed by atoms with E-state index in [0.29, 0.717) is 13.0 Å². The number of hydrogen-bond acceptors (Lipinski definition) is 5. The van der Waals surface area contributed by atoms with Crippen LogP contribution in [0.15, 0.2) is 18.2 Å². The number of rotatable bonds is 7. The van der Waals surface area contributed by atoms with Gasteiger partial charge in [0.25, 0.3) is 5.69 Å². The standard InChI is InChI=1S/C11H13N3O5/c12-10(15)2-1-5-13-9-6-7(14(18)19)3-4-8(9)11(16)17/h3-4,6,13H,1-2,5H2,(H2,12,15)(H,16,17). The highest BCUT2D eigenvalue weighted by Gasteiger charge is 2.14. The molecule has 1 aromatic carbocycles. The molecule has 4 N–H and O–H groups in total. The highest BCUT2D eigenvalue weighted by Crippen LogP contribution is 2.22. The summed E-state index contributed by atoms with van der Waals surface area (Å²) >= 11 is 0. The van der Waals surface area contributed by atoms with Crippen LogP contribution in [0.25, 0.3) is 0 Å². The molecule has 0 atom stereocenters. The molecule has 1 aromatic rings. The average molecular weight is 267 g/mol. The molecule has 0 spiro atoms. The second kappa shape index (κ2) is 6.34. The molecule has 0 aliphatic carbocycles. The monoisotopic (exact) mass is 267 g/mol. The van der Waals surface area contributed by atoms with E-state index in [1.54, 1.807) is 0 Å². The number of nitro groups is 1. The van der Waals surface area contributed by atoms with Crippen molar-refractivity contribution in [3.05, 3.63) is 33.9 Å². The van der Waals surface area contributed by atoms with Gasteiger partial charge < -0.3 is 16.2 Å². The molecule has 0 saturated heterocycles. The fraction of sp³-hybridized carbons (Fsp3) is 0.273. The molecule has 102 valence electrons. The third-order valence-corrected chi connectivity index (χ3v) is 2.36. The summed E-state index contributed by atoms with van der Waals surface area (Å²) in [5.74, 6) is -1.65. The summed E-state index contributed by atoms with van der Waals surface area (Å²) < 4.78 is 0. The lowest BCUT2D eigenvalue weighted by Gasteiger charge is -2.08. The maximum absolute atomic E-state index is 11.0. The molecule has 0 saturated carbocycles. The lowest BCUT2D eigenvalue weighted by Crippen LogP contribution is -2.13. The Bertz CT molecular complexity index is 515. The first-order chi connectivity index (χ1) is 8.91. The van der Waals surface area contributed by atoms with Crippen LogP contribution in [0.2, 0.25) is 0 Å². The van der Waals surface area contributed by atoms with Crippen molar-refractivity contribution in [1.82, 2.24) is 0 Å². The summed E-state index contributed by atoms with van der Waals surface area (Å²) in [6, 6.07) is 3.43. The molecule has 0 aromatic heterocycles. The van der Waals surface area contributed by atoms with E-state index in [1.165, 1.54) is 0 Å². The first kappa shape index (κ1) is 14.4. The second-order valence-corrected chi connectivity index (χ2v) is 3.79. The SMILES string of the molecule is NC(=O)CCCNc1cc([N+](=O)[O-])ccc1C(=O)O. The Morgan fingerprint density at radius 2 is 2.11 bits per heavy atom. The smallest absolute Gasteiger partial charge is 0.337 e. The van der Waals surface area contributed by atoms with Gasteiger partial charge in [-0.3, -0.25) is 14.9 Å². The van der Waals surface area contributed by atoms with Crippen LogP contribution >= 0.6 is 0 Å². The zero-order valence-electron chi connectivity index (χ0n) is 9.96. The van der Waals surface area contributed by atoms with E-state index < -0.39 is 16.8 Å². The van der Waals surface area contributed by atoms with E-state index in [9.17, 15) is 19.7 Å². The third-order valence-electron chi connectivity index (χ3n) is 2.36. The minimum Gasteiger partial charge on any atom is -0.478 e. The van der Waals surface area contributed by atoms with Crippen LogP contribution in [0, 0.1) is 10.1 Å². The van der Waals surface area contributed by atoms with Crippen molar-refractivity contribution in [3.8, 4) is 0 Å². The summed E-state index contributed by atoms with van der Waals surface area (Å²) in [5.41, 5.74) is 4.84. The Morgan fingerprint density at radius 3 is 2.63 bits per heavy atom. The number of aromatic carboxylic acids is 1. The van der Waals surface area contributed by atoms with E-state index in [4.69, 9.17) is 10.8 Å². The molecule has 1 amide bonds. The molecule has 1 rings (SSSR count). The van der Waals surface area contributed by atoms with Crippen molar-refractivity contribution in [3.63, 3.8) is 0 Å². The molecule has 8 heteroatoms. The minimum atomic E-state index is -1.19. The third kappa shape index (κ3) is 4.26. The van der Waals surface area contributed by atoms with E-state index in [0.717, 1.165) is 18.2 Å². The molecule has 0 unspecified atom stereocenters. The molecule has 0 fully saturated rings. The number of carboxylic acid groups (broad SMARTS) is 1. The van der Waals surface area contributed by atoms with Gasteiger partial charge >= 0.3 is 5.97 Å². The number of amides is 1. The zero-order chi connectivity index (χ0) is 14.4. The van der Waals surface area contributed by atoms with Crippen LogP contribution in [0.1, 0.15) is 23.2 Å². The first-order valence-corrected chi connectivity index (χ1v) is 5.45. The number of carbonyl (C=O) groups is 2. The Kier molecular flexibility index (Phi) is 4.81. The van der Waals surface area contributed by atoms with Gasteiger partial charge in [0, 0.05) is 25.1 Å². The number of carbonyl (C=O) groups excluding carboxylic acids is 1. The molecule has 19 heavy (non-hydrogen) atoms. The van der Waals surface area contributed by atoms with Crippen LogP contribution in [-0.2, 0) is 4.79 Å². The summed E-state index contributed by atoms with van der Waals surface area (Å²) in [6.07, 6.45) is 0.571. The van der Waals surface area contributed by atoms with Gasteiger partial charge in [0.1, 0.15) is 0 Å². The molecule has 8 nitrogen and oxygen atoms in total. The van der Waals surface area contributed by atoms with Crippen LogP contribution < -0.4 is 11.1 Å². The number of anilines is 1. The molecule has 0 radical (unpaired) electrons. The Hall–Kier alpha value is -2.64. The topological polar surface area (TPSA) is 136 Å². The van der Waals surface area contributed by atoms with Crippen molar-refractivity contribution in [2.45, 2.75) is 12.8 Å². The first-order valence-electron chi connectivity index (χ1n) is 5.45. The molecular weight excluding hydrogens is 254 g/mol. The van der Waals surface area contributed by atoms with E-state index in [1.807, 2.05) is 0 Å². The fourth-order valence-corrected chi connectivity index (χ4v) is 1.46. The van der Waals surface area contributed by atoms with Gasteiger partial charge in [-0.25, -0.2) is 4.79 Å². The van der Waals surface area contributed by atoms with Gasteiger partial charge in [0.2, 0.25) is 5.91 Å².